The molecule has 0 atom stereocenters. The lowest BCUT2D eigenvalue weighted by molar-refractivity contribution is 0.304. The monoisotopic (exact) mass is 279 g/mol. The van der Waals surface area contributed by atoms with E-state index in [9.17, 15) is 0 Å². The molecule has 3 rings (SSSR count). The van der Waals surface area contributed by atoms with Gasteiger partial charge in [0.1, 0.15) is 23.7 Å². The van der Waals surface area contributed by atoms with Crippen molar-refractivity contribution in [3.63, 3.8) is 0 Å². The lowest BCUT2D eigenvalue weighted by Crippen LogP contribution is -2.03. The van der Waals surface area contributed by atoms with Crippen molar-refractivity contribution in [3.05, 3.63) is 60.4 Å². The van der Waals surface area contributed by atoms with Crippen LogP contribution in [0.4, 0.5) is 5.82 Å². The number of fused-ring (bicyclic) bond motifs is 1. The predicted octanol–water partition coefficient (Wildman–Crippen LogP) is 3.64. The molecule has 4 heteroatoms. The minimum Gasteiger partial charge on any atom is -0.485 e. The summed E-state index contributed by atoms with van der Waals surface area (Å²) in [6, 6.07) is 15.8. The van der Waals surface area contributed by atoms with Crippen molar-refractivity contribution in [2.24, 2.45) is 0 Å². The van der Waals surface area contributed by atoms with Crippen molar-refractivity contribution in [3.8, 4) is 5.75 Å². The second-order valence-electron chi connectivity index (χ2n) is 4.66. The van der Waals surface area contributed by atoms with Gasteiger partial charge >= 0.3 is 0 Å². The number of benzene rings is 1. The minimum atomic E-state index is 0.426. The molecule has 2 heterocycles. The van der Waals surface area contributed by atoms with Crippen LogP contribution < -0.4 is 10.1 Å². The third kappa shape index (κ3) is 3.11. The van der Waals surface area contributed by atoms with Gasteiger partial charge in [-0.05, 0) is 31.2 Å². The topological polar surface area (TPSA) is 47.0 Å². The summed E-state index contributed by atoms with van der Waals surface area (Å²) in [4.78, 5) is 8.88. The smallest absolute Gasteiger partial charge is 0.146 e. The van der Waals surface area contributed by atoms with E-state index in [1.54, 1.807) is 6.20 Å². The number of aromatic nitrogens is 2. The van der Waals surface area contributed by atoms with Crippen molar-refractivity contribution in [1.82, 2.24) is 9.97 Å². The summed E-state index contributed by atoms with van der Waals surface area (Å²) in [6.45, 7) is 3.33. The lowest BCUT2D eigenvalue weighted by Gasteiger charge is -2.09. The zero-order valence-electron chi connectivity index (χ0n) is 11.9. The molecule has 0 amide bonds. The molecule has 3 aromatic rings. The van der Waals surface area contributed by atoms with Crippen molar-refractivity contribution in [1.29, 1.82) is 0 Å². The summed E-state index contributed by atoms with van der Waals surface area (Å²) in [5.74, 6) is 1.65. The van der Waals surface area contributed by atoms with E-state index < -0.39 is 0 Å². The number of pyridine rings is 2. The van der Waals surface area contributed by atoms with Gasteiger partial charge in [0, 0.05) is 18.1 Å². The number of rotatable bonds is 5. The number of ether oxygens (including phenoxy) is 1. The molecular weight excluding hydrogens is 262 g/mol. The van der Waals surface area contributed by atoms with Crippen LogP contribution in [0.2, 0.25) is 0 Å². The van der Waals surface area contributed by atoms with E-state index in [0.717, 1.165) is 34.7 Å². The largest absolute Gasteiger partial charge is 0.485 e. The molecule has 21 heavy (non-hydrogen) atoms. The molecule has 1 N–H and O–H groups in total. The van der Waals surface area contributed by atoms with Crippen LogP contribution in [-0.4, -0.2) is 16.5 Å². The van der Waals surface area contributed by atoms with E-state index in [1.165, 1.54) is 0 Å². The van der Waals surface area contributed by atoms with Gasteiger partial charge in [0.05, 0.1) is 5.69 Å². The van der Waals surface area contributed by atoms with Gasteiger partial charge < -0.3 is 10.1 Å². The SMILES string of the molecule is CCNc1cccc(COc2cccc3cccnc23)n1. The van der Waals surface area contributed by atoms with Crippen LogP contribution >= 0.6 is 0 Å². The molecule has 0 fully saturated rings. The summed E-state index contributed by atoms with van der Waals surface area (Å²) < 4.78 is 5.89. The van der Waals surface area contributed by atoms with Gasteiger partial charge in [0.15, 0.2) is 0 Å². The standard InChI is InChI=1S/C17H17N3O/c1-2-18-16-10-4-8-14(20-16)12-21-15-9-3-6-13-7-5-11-19-17(13)15/h3-11H,2,12H2,1H3,(H,18,20). The Morgan fingerprint density at radius 2 is 1.90 bits per heavy atom. The molecule has 4 nitrogen and oxygen atoms in total. The van der Waals surface area contributed by atoms with E-state index >= 15 is 0 Å². The second kappa shape index (κ2) is 6.22. The van der Waals surface area contributed by atoms with Crippen LogP contribution in [0, 0.1) is 0 Å². The zero-order valence-corrected chi connectivity index (χ0v) is 11.9. The number of hydrogen-bond donors (Lipinski definition) is 1. The molecule has 2 aromatic heterocycles. The van der Waals surface area contributed by atoms with Crippen LogP contribution in [-0.2, 0) is 6.61 Å². The summed E-state index contributed by atoms with van der Waals surface area (Å²) >= 11 is 0. The number of nitrogens with one attached hydrogen (secondary N) is 1. The molecule has 1 aromatic carbocycles. The van der Waals surface area contributed by atoms with Gasteiger partial charge in [-0.15, -0.1) is 0 Å². The highest BCUT2D eigenvalue weighted by Gasteiger charge is 2.04. The Balaban J connectivity index is 1.79. The zero-order chi connectivity index (χ0) is 14.5. The number of hydrogen-bond acceptors (Lipinski definition) is 4. The van der Waals surface area contributed by atoms with E-state index in [4.69, 9.17) is 4.74 Å². The average molecular weight is 279 g/mol. The van der Waals surface area contributed by atoms with E-state index in [0.29, 0.717) is 6.61 Å². The fraction of sp³-hybridized carbons (Fsp3) is 0.176. The molecule has 0 spiro atoms. The Hall–Kier alpha value is -2.62. The number of para-hydroxylation sites is 1. The summed E-state index contributed by atoms with van der Waals surface area (Å²) in [5, 5.41) is 4.27. The maximum Gasteiger partial charge on any atom is 0.146 e. The summed E-state index contributed by atoms with van der Waals surface area (Å²) in [6.07, 6.45) is 1.78. The lowest BCUT2D eigenvalue weighted by atomic mass is 10.2. The van der Waals surface area contributed by atoms with Crippen LogP contribution in [0.25, 0.3) is 10.9 Å². The minimum absolute atomic E-state index is 0.426. The predicted molar refractivity (Wildman–Crippen MR) is 84.5 cm³/mol. The third-order valence-corrected chi connectivity index (χ3v) is 3.14. The Labute approximate surface area is 123 Å². The van der Waals surface area contributed by atoms with Crippen LogP contribution in [0.1, 0.15) is 12.6 Å². The summed E-state index contributed by atoms with van der Waals surface area (Å²) in [7, 11) is 0. The summed E-state index contributed by atoms with van der Waals surface area (Å²) in [5.41, 5.74) is 1.77. The van der Waals surface area contributed by atoms with Crippen LogP contribution in [0.3, 0.4) is 0 Å². The maximum absolute atomic E-state index is 5.89. The van der Waals surface area contributed by atoms with E-state index in [-0.39, 0.29) is 0 Å². The third-order valence-electron chi connectivity index (χ3n) is 3.14. The highest BCUT2D eigenvalue weighted by atomic mass is 16.5. The van der Waals surface area contributed by atoms with Crippen LogP contribution in [0.5, 0.6) is 5.75 Å². The van der Waals surface area contributed by atoms with Gasteiger partial charge in [0.2, 0.25) is 0 Å². The first kappa shape index (κ1) is 13.4. The Kier molecular flexibility index (Phi) is 3.96. The molecular formula is C17H17N3O. The van der Waals surface area contributed by atoms with Crippen molar-refractivity contribution in [2.45, 2.75) is 13.5 Å². The Bertz CT molecular complexity index is 737. The fourth-order valence-electron chi connectivity index (χ4n) is 2.18. The van der Waals surface area contributed by atoms with Crippen molar-refractivity contribution in [2.75, 3.05) is 11.9 Å². The van der Waals surface area contributed by atoms with Crippen LogP contribution in [0.15, 0.2) is 54.7 Å². The molecule has 0 aliphatic heterocycles. The molecule has 0 saturated heterocycles. The van der Waals surface area contributed by atoms with Gasteiger partial charge in [0.25, 0.3) is 0 Å². The molecule has 0 radical (unpaired) electrons. The maximum atomic E-state index is 5.89. The van der Waals surface area contributed by atoms with Gasteiger partial charge in [-0.3, -0.25) is 4.98 Å². The highest BCUT2D eigenvalue weighted by Crippen LogP contribution is 2.23. The molecule has 0 saturated carbocycles. The van der Waals surface area contributed by atoms with E-state index in [2.05, 4.69) is 15.3 Å². The Morgan fingerprint density at radius 3 is 2.81 bits per heavy atom. The van der Waals surface area contributed by atoms with Gasteiger partial charge in [-0.2, -0.15) is 0 Å². The normalized spacial score (nSPS) is 10.5. The van der Waals surface area contributed by atoms with Gasteiger partial charge in [-0.1, -0.05) is 24.3 Å². The van der Waals surface area contributed by atoms with Crippen molar-refractivity contribution < 1.29 is 4.74 Å². The second-order valence-corrected chi connectivity index (χ2v) is 4.66. The molecule has 0 unspecified atom stereocenters. The van der Waals surface area contributed by atoms with E-state index in [1.807, 2.05) is 55.5 Å². The number of anilines is 1. The van der Waals surface area contributed by atoms with Crippen molar-refractivity contribution >= 4 is 16.7 Å². The van der Waals surface area contributed by atoms with Gasteiger partial charge in [-0.25, -0.2) is 4.98 Å². The first-order valence-corrected chi connectivity index (χ1v) is 7.03. The molecule has 0 aliphatic carbocycles. The first-order chi connectivity index (χ1) is 10.4. The fourth-order valence-corrected chi connectivity index (χ4v) is 2.18. The number of nitrogens with zero attached hydrogens (tertiary/aromatic N) is 2. The quantitative estimate of drug-likeness (QED) is 0.774. The molecule has 0 aliphatic rings. The average Bonchev–Trinajstić information content (AvgIpc) is 2.53. The molecule has 0 bridgehead atoms. The molecule has 106 valence electrons. The highest BCUT2D eigenvalue weighted by molar-refractivity contribution is 5.84. The Morgan fingerprint density at radius 1 is 1.05 bits per heavy atom. The first-order valence-electron chi connectivity index (χ1n) is 7.03.